The number of nitrogens with one attached hydrogen (secondary N) is 1. The number of ether oxygens (including phenoxy) is 1. The normalized spacial score (nSPS) is 27.9. The molecule has 1 aromatic carbocycles. The molecule has 17 heavy (non-hydrogen) atoms. The lowest BCUT2D eigenvalue weighted by Crippen LogP contribution is -2.72. The van der Waals surface area contributed by atoms with Crippen molar-refractivity contribution in [2.24, 2.45) is 0 Å². The van der Waals surface area contributed by atoms with Gasteiger partial charge in [0.25, 0.3) is 0 Å². The van der Waals surface area contributed by atoms with Gasteiger partial charge in [-0.15, -0.1) is 0 Å². The van der Waals surface area contributed by atoms with Gasteiger partial charge in [-0.3, -0.25) is 4.90 Å². The molecule has 3 rings (SSSR count). The Morgan fingerprint density at radius 2 is 2.12 bits per heavy atom. The zero-order valence-electron chi connectivity index (χ0n) is 10.4. The molecule has 3 heteroatoms. The minimum Gasteiger partial charge on any atom is -0.377 e. The standard InChI is InChI=1S/C14H20N2O/c1-12-7-15-9-14(10-17-11-14)16(12)8-13-5-3-2-4-6-13/h2-6,12,15H,7-11H2,1H3/t12-/m1/s1. The fourth-order valence-corrected chi connectivity index (χ4v) is 2.90. The summed E-state index contributed by atoms with van der Waals surface area (Å²) in [5, 5.41) is 3.52. The lowest BCUT2D eigenvalue weighted by molar-refractivity contribution is -0.165. The van der Waals surface area contributed by atoms with Crippen LogP contribution in [0.25, 0.3) is 0 Å². The molecule has 92 valence electrons. The largest absolute Gasteiger partial charge is 0.377 e. The Balaban J connectivity index is 1.79. The molecule has 2 heterocycles. The molecule has 0 unspecified atom stereocenters. The van der Waals surface area contributed by atoms with E-state index in [-0.39, 0.29) is 5.54 Å². The Morgan fingerprint density at radius 3 is 2.76 bits per heavy atom. The van der Waals surface area contributed by atoms with Crippen LogP contribution in [0.2, 0.25) is 0 Å². The van der Waals surface area contributed by atoms with Gasteiger partial charge in [0.05, 0.1) is 18.8 Å². The number of hydrogen-bond donors (Lipinski definition) is 1. The molecular formula is C14H20N2O. The van der Waals surface area contributed by atoms with E-state index in [1.165, 1.54) is 5.56 Å². The van der Waals surface area contributed by atoms with Crippen LogP contribution in [-0.2, 0) is 11.3 Å². The fraction of sp³-hybridized carbons (Fsp3) is 0.571. The van der Waals surface area contributed by atoms with Crippen LogP contribution in [0.4, 0.5) is 0 Å². The lowest BCUT2D eigenvalue weighted by Gasteiger charge is -2.55. The van der Waals surface area contributed by atoms with Crippen LogP contribution < -0.4 is 5.32 Å². The third kappa shape index (κ3) is 1.99. The molecule has 3 nitrogen and oxygen atoms in total. The third-order valence-corrected chi connectivity index (χ3v) is 3.97. The monoisotopic (exact) mass is 232 g/mol. The smallest absolute Gasteiger partial charge is 0.0810 e. The summed E-state index contributed by atoms with van der Waals surface area (Å²) in [6, 6.07) is 11.3. The molecule has 0 bridgehead atoms. The Morgan fingerprint density at radius 1 is 1.35 bits per heavy atom. The highest BCUT2D eigenvalue weighted by atomic mass is 16.5. The molecule has 1 spiro atoms. The Hall–Kier alpha value is -0.900. The summed E-state index contributed by atoms with van der Waals surface area (Å²) in [4.78, 5) is 2.61. The van der Waals surface area contributed by atoms with E-state index in [4.69, 9.17) is 4.74 Å². The summed E-state index contributed by atoms with van der Waals surface area (Å²) < 4.78 is 5.45. The Labute approximate surface area is 103 Å². The molecular weight excluding hydrogens is 212 g/mol. The van der Waals surface area contributed by atoms with Crippen molar-refractivity contribution in [3.63, 3.8) is 0 Å². The van der Waals surface area contributed by atoms with Crippen molar-refractivity contribution < 1.29 is 4.74 Å². The molecule has 0 aromatic heterocycles. The summed E-state index contributed by atoms with van der Waals surface area (Å²) in [7, 11) is 0. The topological polar surface area (TPSA) is 24.5 Å². The first-order valence-corrected chi connectivity index (χ1v) is 6.39. The molecule has 1 atom stereocenters. The fourth-order valence-electron chi connectivity index (χ4n) is 2.90. The van der Waals surface area contributed by atoms with Gasteiger partial charge in [-0.25, -0.2) is 0 Å². The van der Waals surface area contributed by atoms with Gasteiger partial charge in [0.15, 0.2) is 0 Å². The summed E-state index contributed by atoms with van der Waals surface area (Å²) in [6.07, 6.45) is 0. The highest BCUT2D eigenvalue weighted by Crippen LogP contribution is 2.30. The first-order chi connectivity index (χ1) is 8.30. The predicted octanol–water partition coefficient (Wildman–Crippen LogP) is 1.25. The van der Waals surface area contributed by atoms with Crippen molar-refractivity contribution in [1.29, 1.82) is 0 Å². The zero-order valence-corrected chi connectivity index (χ0v) is 10.4. The van der Waals surface area contributed by atoms with Gasteiger partial charge in [0.2, 0.25) is 0 Å². The Bertz CT molecular complexity index is 375. The van der Waals surface area contributed by atoms with Gasteiger partial charge in [-0.05, 0) is 12.5 Å². The maximum Gasteiger partial charge on any atom is 0.0810 e. The summed E-state index contributed by atoms with van der Waals surface area (Å²) in [5.74, 6) is 0. The predicted molar refractivity (Wildman–Crippen MR) is 67.9 cm³/mol. The van der Waals surface area contributed by atoms with Crippen LogP contribution in [-0.4, -0.2) is 42.8 Å². The van der Waals surface area contributed by atoms with Crippen LogP contribution >= 0.6 is 0 Å². The van der Waals surface area contributed by atoms with E-state index in [2.05, 4.69) is 47.5 Å². The summed E-state index contributed by atoms with van der Waals surface area (Å²) in [6.45, 7) is 7.22. The number of benzene rings is 1. The quantitative estimate of drug-likeness (QED) is 0.830. The molecule has 0 saturated carbocycles. The van der Waals surface area contributed by atoms with E-state index in [9.17, 15) is 0 Å². The van der Waals surface area contributed by atoms with Gasteiger partial charge < -0.3 is 10.1 Å². The highest BCUT2D eigenvalue weighted by Gasteiger charge is 2.47. The van der Waals surface area contributed by atoms with Crippen molar-refractivity contribution in [3.05, 3.63) is 35.9 Å². The number of nitrogens with zero attached hydrogens (tertiary/aromatic N) is 1. The van der Waals surface area contributed by atoms with Crippen LogP contribution in [0, 0.1) is 0 Å². The van der Waals surface area contributed by atoms with Crippen LogP contribution in [0.3, 0.4) is 0 Å². The van der Waals surface area contributed by atoms with Gasteiger partial charge in [-0.1, -0.05) is 30.3 Å². The molecule has 0 amide bonds. The maximum atomic E-state index is 5.45. The second kappa shape index (κ2) is 4.41. The second-order valence-electron chi connectivity index (χ2n) is 5.31. The molecule has 1 aromatic rings. The minimum atomic E-state index is 0.244. The van der Waals surface area contributed by atoms with Crippen molar-refractivity contribution >= 4 is 0 Å². The lowest BCUT2D eigenvalue weighted by atomic mass is 9.89. The van der Waals surface area contributed by atoms with Gasteiger partial charge in [0, 0.05) is 25.7 Å². The first kappa shape index (κ1) is 11.2. The molecule has 2 fully saturated rings. The van der Waals surface area contributed by atoms with Gasteiger partial charge in [0.1, 0.15) is 0 Å². The minimum absolute atomic E-state index is 0.244. The number of hydrogen-bond acceptors (Lipinski definition) is 3. The maximum absolute atomic E-state index is 5.45. The average Bonchev–Trinajstić information content (AvgIpc) is 2.31. The first-order valence-electron chi connectivity index (χ1n) is 6.39. The van der Waals surface area contributed by atoms with Gasteiger partial charge >= 0.3 is 0 Å². The SMILES string of the molecule is C[C@@H]1CNCC2(COC2)N1Cc1ccccc1. The molecule has 2 saturated heterocycles. The summed E-state index contributed by atoms with van der Waals surface area (Å²) in [5.41, 5.74) is 1.64. The van der Waals surface area contributed by atoms with Crippen LogP contribution in [0.15, 0.2) is 30.3 Å². The van der Waals surface area contributed by atoms with E-state index in [1.807, 2.05) is 0 Å². The summed E-state index contributed by atoms with van der Waals surface area (Å²) >= 11 is 0. The van der Waals surface area contributed by atoms with E-state index in [1.54, 1.807) is 0 Å². The van der Waals surface area contributed by atoms with Crippen molar-refractivity contribution in [2.75, 3.05) is 26.3 Å². The highest BCUT2D eigenvalue weighted by molar-refractivity contribution is 5.16. The van der Waals surface area contributed by atoms with E-state index in [0.29, 0.717) is 6.04 Å². The molecule has 2 aliphatic heterocycles. The van der Waals surface area contributed by atoms with Crippen LogP contribution in [0.1, 0.15) is 12.5 Å². The van der Waals surface area contributed by atoms with Crippen molar-refractivity contribution in [2.45, 2.75) is 25.0 Å². The van der Waals surface area contributed by atoms with E-state index >= 15 is 0 Å². The molecule has 0 aliphatic carbocycles. The van der Waals surface area contributed by atoms with Crippen LogP contribution in [0.5, 0.6) is 0 Å². The molecule has 1 N–H and O–H groups in total. The number of rotatable bonds is 2. The van der Waals surface area contributed by atoms with E-state index < -0.39 is 0 Å². The van der Waals surface area contributed by atoms with Crippen molar-refractivity contribution in [3.8, 4) is 0 Å². The zero-order chi connectivity index (χ0) is 11.7. The van der Waals surface area contributed by atoms with Crippen molar-refractivity contribution in [1.82, 2.24) is 10.2 Å². The Kier molecular flexibility index (Phi) is 2.90. The average molecular weight is 232 g/mol. The second-order valence-corrected chi connectivity index (χ2v) is 5.31. The van der Waals surface area contributed by atoms with E-state index in [0.717, 1.165) is 32.8 Å². The molecule has 0 radical (unpaired) electrons. The third-order valence-electron chi connectivity index (χ3n) is 3.97. The molecule has 2 aliphatic rings. The number of piperazine rings is 1. The van der Waals surface area contributed by atoms with Gasteiger partial charge in [-0.2, -0.15) is 0 Å².